The molecule has 0 bridgehead atoms. The van der Waals surface area contributed by atoms with Gasteiger partial charge in [-0.3, -0.25) is 4.79 Å². The van der Waals surface area contributed by atoms with E-state index in [1.54, 1.807) is 16.8 Å². The average molecular weight is 442 g/mol. The fourth-order valence-corrected chi connectivity index (χ4v) is 5.58. The molecule has 0 radical (unpaired) electrons. The fraction of sp³-hybridized carbons (Fsp3) is 0.409. The molecule has 9 heteroatoms. The minimum absolute atomic E-state index is 0.118. The molecule has 31 heavy (non-hydrogen) atoms. The van der Waals surface area contributed by atoms with E-state index < -0.39 is 16.1 Å². The minimum Gasteiger partial charge on any atom is -0.351 e. The molecule has 1 N–H and O–H groups in total. The van der Waals surface area contributed by atoms with Gasteiger partial charge in [0.15, 0.2) is 0 Å². The van der Waals surface area contributed by atoms with Crippen LogP contribution >= 0.6 is 0 Å². The van der Waals surface area contributed by atoms with Crippen LogP contribution in [0.15, 0.2) is 47.4 Å². The summed E-state index contributed by atoms with van der Waals surface area (Å²) in [6.07, 6.45) is 1.15. The van der Waals surface area contributed by atoms with Crippen molar-refractivity contribution in [1.82, 2.24) is 24.6 Å². The quantitative estimate of drug-likeness (QED) is 0.634. The van der Waals surface area contributed by atoms with Gasteiger partial charge in [-0.05, 0) is 57.4 Å². The number of carbonyl (C=O) groups excluding carboxylic acids is 1. The highest BCUT2D eigenvalue weighted by Crippen LogP contribution is 2.28. The number of hydrogen-bond acceptors (Lipinski definition) is 5. The standard InChI is InChI=1S/C22H27N5O3S/c1-15(2)27-20-11-10-18(13-19(20)24-25-27)31(29,30)26-12-4-5-21(26)22(28)23-14-17-8-6-16(3)7-9-17/h6-11,13,15,21H,4-5,12,14H2,1-3H3,(H,23,28)/t21-/m0/s1. The van der Waals surface area contributed by atoms with Crippen molar-refractivity contribution in [2.24, 2.45) is 0 Å². The van der Waals surface area contributed by atoms with Gasteiger partial charge in [-0.2, -0.15) is 4.31 Å². The van der Waals surface area contributed by atoms with E-state index in [-0.39, 0.29) is 16.8 Å². The molecule has 0 unspecified atom stereocenters. The fourth-order valence-electron chi connectivity index (χ4n) is 3.90. The monoisotopic (exact) mass is 441 g/mol. The number of rotatable bonds is 6. The summed E-state index contributed by atoms with van der Waals surface area (Å²) >= 11 is 0. The zero-order chi connectivity index (χ0) is 22.2. The lowest BCUT2D eigenvalue weighted by Gasteiger charge is -2.23. The van der Waals surface area contributed by atoms with Gasteiger partial charge in [0.25, 0.3) is 0 Å². The molecule has 0 saturated carbocycles. The first-order valence-corrected chi connectivity index (χ1v) is 11.9. The summed E-state index contributed by atoms with van der Waals surface area (Å²) in [5, 5.41) is 11.1. The van der Waals surface area contributed by atoms with E-state index in [1.165, 1.54) is 10.4 Å². The Labute approximate surface area is 182 Å². The molecule has 0 aliphatic carbocycles. The molecule has 1 aromatic heterocycles. The van der Waals surface area contributed by atoms with Gasteiger partial charge < -0.3 is 5.32 Å². The first-order valence-electron chi connectivity index (χ1n) is 10.5. The molecule has 2 aromatic carbocycles. The summed E-state index contributed by atoms with van der Waals surface area (Å²) in [5.41, 5.74) is 3.43. The van der Waals surface area contributed by atoms with Crippen molar-refractivity contribution in [1.29, 1.82) is 0 Å². The molecule has 3 aromatic rings. The second-order valence-electron chi connectivity index (χ2n) is 8.26. The molecule has 4 rings (SSSR count). The molecule has 8 nitrogen and oxygen atoms in total. The van der Waals surface area contributed by atoms with Crippen LogP contribution in [0.2, 0.25) is 0 Å². The number of fused-ring (bicyclic) bond motifs is 1. The maximum Gasteiger partial charge on any atom is 0.243 e. The normalized spacial score (nSPS) is 17.5. The number of sulfonamides is 1. The Morgan fingerprint density at radius 1 is 1.19 bits per heavy atom. The maximum absolute atomic E-state index is 13.3. The van der Waals surface area contributed by atoms with Crippen LogP contribution < -0.4 is 5.32 Å². The number of benzene rings is 2. The highest BCUT2D eigenvalue weighted by atomic mass is 32.2. The number of hydrogen-bond donors (Lipinski definition) is 1. The Balaban J connectivity index is 1.53. The number of carbonyl (C=O) groups is 1. The zero-order valence-corrected chi connectivity index (χ0v) is 18.8. The van der Waals surface area contributed by atoms with Crippen LogP contribution in [0, 0.1) is 6.92 Å². The van der Waals surface area contributed by atoms with Crippen LogP contribution in [-0.4, -0.2) is 46.2 Å². The maximum atomic E-state index is 13.3. The van der Waals surface area contributed by atoms with Crippen molar-refractivity contribution in [3.05, 3.63) is 53.6 Å². The van der Waals surface area contributed by atoms with Gasteiger partial charge in [0.05, 0.1) is 10.4 Å². The van der Waals surface area contributed by atoms with Crippen molar-refractivity contribution in [3.63, 3.8) is 0 Å². The molecule has 164 valence electrons. The number of aryl methyl sites for hydroxylation is 1. The van der Waals surface area contributed by atoms with Crippen molar-refractivity contribution >= 4 is 27.0 Å². The summed E-state index contributed by atoms with van der Waals surface area (Å²) in [6.45, 7) is 6.67. The van der Waals surface area contributed by atoms with Gasteiger partial charge in [-0.25, -0.2) is 13.1 Å². The van der Waals surface area contributed by atoms with Gasteiger partial charge in [-0.1, -0.05) is 35.0 Å². The third-order valence-electron chi connectivity index (χ3n) is 5.63. The number of nitrogens with zero attached hydrogens (tertiary/aromatic N) is 4. The lowest BCUT2D eigenvalue weighted by molar-refractivity contribution is -0.124. The second-order valence-corrected chi connectivity index (χ2v) is 10.1. The van der Waals surface area contributed by atoms with Crippen LogP contribution in [-0.2, 0) is 21.4 Å². The van der Waals surface area contributed by atoms with E-state index in [0.717, 1.165) is 16.6 Å². The predicted octanol–water partition coefficient (Wildman–Crippen LogP) is 2.79. The Kier molecular flexibility index (Phi) is 5.81. The highest BCUT2D eigenvalue weighted by Gasteiger charge is 2.39. The number of amides is 1. The van der Waals surface area contributed by atoms with Gasteiger partial charge >= 0.3 is 0 Å². The molecule has 2 heterocycles. The smallest absolute Gasteiger partial charge is 0.243 e. The molecule has 1 fully saturated rings. The first kappa shape index (κ1) is 21.5. The Morgan fingerprint density at radius 2 is 1.94 bits per heavy atom. The Bertz CT molecular complexity index is 1200. The summed E-state index contributed by atoms with van der Waals surface area (Å²) in [4.78, 5) is 13.0. The topological polar surface area (TPSA) is 97.2 Å². The number of nitrogens with one attached hydrogen (secondary N) is 1. The second kappa shape index (κ2) is 8.39. The van der Waals surface area contributed by atoms with Crippen molar-refractivity contribution in [2.75, 3.05) is 6.54 Å². The molecule has 1 atom stereocenters. The summed E-state index contributed by atoms with van der Waals surface area (Å²) in [6, 6.07) is 12.1. The molecular formula is C22H27N5O3S. The van der Waals surface area contributed by atoms with E-state index in [4.69, 9.17) is 0 Å². The van der Waals surface area contributed by atoms with Gasteiger partial charge in [0, 0.05) is 19.1 Å². The summed E-state index contributed by atoms with van der Waals surface area (Å²) in [7, 11) is -3.83. The van der Waals surface area contributed by atoms with E-state index in [1.807, 2.05) is 45.0 Å². The third kappa shape index (κ3) is 4.20. The van der Waals surface area contributed by atoms with Crippen LogP contribution in [0.3, 0.4) is 0 Å². The first-order chi connectivity index (χ1) is 14.8. The van der Waals surface area contributed by atoms with Crippen LogP contribution in [0.5, 0.6) is 0 Å². The SMILES string of the molecule is Cc1ccc(CNC(=O)[C@@H]2CCCN2S(=O)(=O)c2ccc3c(c2)nnn3C(C)C)cc1. The van der Waals surface area contributed by atoms with Gasteiger partial charge in [-0.15, -0.1) is 5.10 Å². The zero-order valence-electron chi connectivity index (χ0n) is 17.9. The molecule has 1 aliphatic heterocycles. The average Bonchev–Trinajstić information content (AvgIpc) is 3.40. The van der Waals surface area contributed by atoms with E-state index in [0.29, 0.717) is 31.4 Å². The van der Waals surface area contributed by atoms with Gasteiger partial charge in [0.2, 0.25) is 15.9 Å². The highest BCUT2D eigenvalue weighted by molar-refractivity contribution is 7.89. The molecule has 1 amide bonds. The lowest BCUT2D eigenvalue weighted by Crippen LogP contribution is -2.45. The predicted molar refractivity (Wildman–Crippen MR) is 118 cm³/mol. The van der Waals surface area contributed by atoms with E-state index in [9.17, 15) is 13.2 Å². The Morgan fingerprint density at radius 3 is 2.65 bits per heavy atom. The van der Waals surface area contributed by atoms with Crippen molar-refractivity contribution in [3.8, 4) is 0 Å². The van der Waals surface area contributed by atoms with Crippen LogP contribution in [0.25, 0.3) is 11.0 Å². The molecule has 0 spiro atoms. The van der Waals surface area contributed by atoms with Gasteiger partial charge in [0.1, 0.15) is 11.6 Å². The number of aromatic nitrogens is 3. The van der Waals surface area contributed by atoms with Crippen molar-refractivity contribution < 1.29 is 13.2 Å². The van der Waals surface area contributed by atoms with Crippen LogP contribution in [0.1, 0.15) is 43.9 Å². The van der Waals surface area contributed by atoms with Crippen LogP contribution in [0.4, 0.5) is 0 Å². The molecular weight excluding hydrogens is 414 g/mol. The third-order valence-corrected chi connectivity index (χ3v) is 7.54. The van der Waals surface area contributed by atoms with E-state index >= 15 is 0 Å². The largest absolute Gasteiger partial charge is 0.351 e. The minimum atomic E-state index is -3.83. The lowest BCUT2D eigenvalue weighted by atomic mass is 10.1. The molecule has 1 saturated heterocycles. The Hall–Kier alpha value is -2.78. The van der Waals surface area contributed by atoms with Crippen molar-refractivity contribution in [2.45, 2.75) is 57.1 Å². The molecule has 1 aliphatic rings. The van der Waals surface area contributed by atoms with E-state index in [2.05, 4.69) is 15.6 Å². The summed E-state index contributed by atoms with van der Waals surface area (Å²) < 4.78 is 29.7. The summed E-state index contributed by atoms with van der Waals surface area (Å²) in [5.74, 6) is -0.270.